The highest BCUT2D eigenvalue weighted by Gasteiger charge is 2.01. The summed E-state index contributed by atoms with van der Waals surface area (Å²) in [7, 11) is 0. The van der Waals surface area contributed by atoms with Gasteiger partial charge in [0.05, 0.1) is 0 Å². The summed E-state index contributed by atoms with van der Waals surface area (Å²) in [5.41, 5.74) is 0.462. The van der Waals surface area contributed by atoms with Crippen molar-refractivity contribution in [1.82, 2.24) is 4.98 Å². The number of pyridine rings is 1. The largest absolute Gasteiger partial charge is 0.311 e. The number of aromatic nitrogens is 1. The number of carbonyl (C=O) groups is 1. The van der Waals surface area contributed by atoms with Gasteiger partial charge < -0.3 is 5.32 Å². The van der Waals surface area contributed by atoms with E-state index in [-0.39, 0.29) is 17.5 Å². The molecule has 0 saturated heterocycles. The van der Waals surface area contributed by atoms with Crippen LogP contribution >= 0.6 is 0 Å². The summed E-state index contributed by atoms with van der Waals surface area (Å²) >= 11 is 0. The maximum atomic E-state index is 12.8. The molecule has 0 spiro atoms. The van der Waals surface area contributed by atoms with Crippen LogP contribution in [0, 0.1) is 12.7 Å². The Morgan fingerprint density at radius 3 is 2.83 bits per heavy atom. The van der Waals surface area contributed by atoms with E-state index in [4.69, 9.17) is 0 Å². The lowest BCUT2D eigenvalue weighted by molar-refractivity contribution is -0.114. The predicted molar refractivity (Wildman–Crippen MR) is 43.2 cm³/mol. The highest BCUT2D eigenvalue weighted by atomic mass is 19.1. The van der Waals surface area contributed by atoms with E-state index in [0.29, 0.717) is 5.56 Å². The van der Waals surface area contributed by atoms with Crippen LogP contribution in [0.2, 0.25) is 0 Å². The number of rotatable bonds is 1. The SMILES string of the molecule is CC(=O)Nc1cc(F)c(C)cn1. The van der Waals surface area contributed by atoms with Gasteiger partial charge in [0.2, 0.25) is 5.91 Å². The third-order valence-electron chi connectivity index (χ3n) is 1.34. The van der Waals surface area contributed by atoms with E-state index in [9.17, 15) is 9.18 Å². The Hall–Kier alpha value is -1.45. The summed E-state index contributed by atoms with van der Waals surface area (Å²) in [6.45, 7) is 2.96. The fourth-order valence-corrected chi connectivity index (χ4v) is 0.748. The first-order valence-electron chi connectivity index (χ1n) is 3.49. The minimum absolute atomic E-state index is 0.241. The van der Waals surface area contributed by atoms with Crippen molar-refractivity contribution in [3.8, 4) is 0 Å². The molecule has 0 fully saturated rings. The van der Waals surface area contributed by atoms with E-state index in [1.54, 1.807) is 6.92 Å². The number of aryl methyl sites for hydroxylation is 1. The maximum absolute atomic E-state index is 12.8. The topological polar surface area (TPSA) is 42.0 Å². The zero-order valence-electron chi connectivity index (χ0n) is 6.89. The van der Waals surface area contributed by atoms with Crippen molar-refractivity contribution in [2.75, 3.05) is 5.32 Å². The summed E-state index contributed by atoms with van der Waals surface area (Å²) in [4.78, 5) is 14.3. The molecule has 1 rings (SSSR count). The Balaban J connectivity index is 2.89. The number of amides is 1. The molecule has 64 valence electrons. The Morgan fingerprint density at radius 1 is 1.67 bits per heavy atom. The van der Waals surface area contributed by atoms with Gasteiger partial charge in [0.15, 0.2) is 0 Å². The second-order valence-electron chi connectivity index (χ2n) is 2.50. The van der Waals surface area contributed by atoms with Crippen molar-refractivity contribution in [3.05, 3.63) is 23.6 Å². The molecule has 0 unspecified atom stereocenters. The molecule has 0 radical (unpaired) electrons. The van der Waals surface area contributed by atoms with Crippen molar-refractivity contribution in [3.63, 3.8) is 0 Å². The van der Waals surface area contributed by atoms with Gasteiger partial charge in [-0.2, -0.15) is 0 Å². The van der Waals surface area contributed by atoms with Crippen LogP contribution in [-0.4, -0.2) is 10.9 Å². The first-order chi connectivity index (χ1) is 5.59. The molecule has 0 bridgehead atoms. The zero-order chi connectivity index (χ0) is 9.14. The number of hydrogen-bond donors (Lipinski definition) is 1. The molecule has 1 N–H and O–H groups in total. The van der Waals surface area contributed by atoms with Crippen molar-refractivity contribution >= 4 is 11.7 Å². The summed E-state index contributed by atoms with van der Waals surface area (Å²) in [6.07, 6.45) is 1.38. The Bertz CT molecular complexity index is 312. The molecule has 1 heterocycles. The molecule has 1 aromatic heterocycles. The van der Waals surface area contributed by atoms with Crippen LogP contribution in [0.3, 0.4) is 0 Å². The number of carbonyl (C=O) groups excluding carboxylic acids is 1. The molecule has 4 heteroatoms. The Morgan fingerprint density at radius 2 is 2.33 bits per heavy atom. The first-order valence-corrected chi connectivity index (χ1v) is 3.49. The molecule has 0 aromatic carbocycles. The van der Waals surface area contributed by atoms with E-state index >= 15 is 0 Å². The van der Waals surface area contributed by atoms with Crippen molar-refractivity contribution < 1.29 is 9.18 Å². The van der Waals surface area contributed by atoms with Gasteiger partial charge in [-0.05, 0) is 6.92 Å². The monoisotopic (exact) mass is 168 g/mol. The van der Waals surface area contributed by atoms with Gasteiger partial charge in [-0.3, -0.25) is 4.79 Å². The second-order valence-corrected chi connectivity index (χ2v) is 2.50. The van der Waals surface area contributed by atoms with Crippen LogP contribution in [-0.2, 0) is 4.79 Å². The maximum Gasteiger partial charge on any atom is 0.222 e. The summed E-state index contributed by atoms with van der Waals surface area (Å²) in [5, 5.41) is 2.38. The molecule has 0 atom stereocenters. The highest BCUT2D eigenvalue weighted by molar-refractivity contribution is 5.87. The average molecular weight is 168 g/mol. The second kappa shape index (κ2) is 3.30. The van der Waals surface area contributed by atoms with Gasteiger partial charge in [0, 0.05) is 24.8 Å². The molecular weight excluding hydrogens is 159 g/mol. The lowest BCUT2D eigenvalue weighted by Gasteiger charge is -2.01. The fourth-order valence-electron chi connectivity index (χ4n) is 0.748. The van der Waals surface area contributed by atoms with Crippen LogP contribution in [0.5, 0.6) is 0 Å². The van der Waals surface area contributed by atoms with Gasteiger partial charge >= 0.3 is 0 Å². The molecule has 1 amide bonds. The summed E-state index contributed by atoms with van der Waals surface area (Å²) in [6, 6.07) is 1.19. The normalized spacial score (nSPS) is 9.58. The predicted octanol–water partition coefficient (Wildman–Crippen LogP) is 1.49. The van der Waals surface area contributed by atoms with Crippen molar-refractivity contribution in [1.29, 1.82) is 0 Å². The zero-order valence-corrected chi connectivity index (χ0v) is 6.89. The van der Waals surface area contributed by atoms with Gasteiger partial charge in [-0.15, -0.1) is 0 Å². The fraction of sp³-hybridized carbons (Fsp3) is 0.250. The highest BCUT2D eigenvalue weighted by Crippen LogP contribution is 2.09. The van der Waals surface area contributed by atoms with E-state index in [2.05, 4.69) is 10.3 Å². The number of halogens is 1. The third-order valence-corrected chi connectivity index (χ3v) is 1.34. The van der Waals surface area contributed by atoms with E-state index in [1.165, 1.54) is 19.2 Å². The number of anilines is 1. The summed E-state index contributed by atoms with van der Waals surface area (Å²) < 4.78 is 12.8. The van der Waals surface area contributed by atoms with E-state index in [0.717, 1.165) is 0 Å². The van der Waals surface area contributed by atoms with Crippen LogP contribution in [0.15, 0.2) is 12.3 Å². The van der Waals surface area contributed by atoms with Gasteiger partial charge in [-0.1, -0.05) is 0 Å². The minimum Gasteiger partial charge on any atom is -0.311 e. The Labute approximate surface area is 69.6 Å². The van der Waals surface area contributed by atoms with Crippen LogP contribution in [0.1, 0.15) is 12.5 Å². The molecular formula is C8H9FN2O. The molecule has 12 heavy (non-hydrogen) atoms. The third kappa shape index (κ3) is 2.02. The molecule has 0 aliphatic carbocycles. The molecule has 0 aliphatic rings. The van der Waals surface area contributed by atoms with Crippen LogP contribution in [0.4, 0.5) is 10.2 Å². The van der Waals surface area contributed by atoms with Gasteiger partial charge in [0.25, 0.3) is 0 Å². The molecule has 0 aliphatic heterocycles. The number of nitrogens with zero attached hydrogens (tertiary/aromatic N) is 1. The number of hydrogen-bond acceptors (Lipinski definition) is 2. The van der Waals surface area contributed by atoms with Crippen LogP contribution in [0.25, 0.3) is 0 Å². The average Bonchev–Trinajstić information content (AvgIpc) is 1.96. The number of nitrogens with one attached hydrogen (secondary N) is 1. The van der Waals surface area contributed by atoms with E-state index < -0.39 is 0 Å². The van der Waals surface area contributed by atoms with Crippen molar-refractivity contribution in [2.45, 2.75) is 13.8 Å². The summed E-state index contributed by atoms with van der Waals surface area (Å²) in [5.74, 6) is -0.384. The molecule has 1 aromatic rings. The standard InChI is InChI=1S/C8H9FN2O/c1-5-4-10-8(3-7(5)9)11-6(2)12/h3-4H,1-2H3,(H,10,11,12). The first kappa shape index (κ1) is 8.64. The van der Waals surface area contributed by atoms with Gasteiger partial charge in [-0.25, -0.2) is 9.37 Å². The smallest absolute Gasteiger partial charge is 0.222 e. The minimum atomic E-state index is -0.367. The molecule has 0 saturated carbocycles. The quantitative estimate of drug-likeness (QED) is 0.690. The van der Waals surface area contributed by atoms with E-state index in [1.807, 2.05) is 0 Å². The van der Waals surface area contributed by atoms with Crippen molar-refractivity contribution in [2.24, 2.45) is 0 Å². The van der Waals surface area contributed by atoms with Gasteiger partial charge in [0.1, 0.15) is 11.6 Å². The Kier molecular flexibility index (Phi) is 2.38. The van der Waals surface area contributed by atoms with Crippen LogP contribution < -0.4 is 5.32 Å². The lowest BCUT2D eigenvalue weighted by Crippen LogP contribution is -2.07. The molecule has 3 nitrogen and oxygen atoms in total. The lowest BCUT2D eigenvalue weighted by atomic mass is 10.3.